The molecule has 17 heavy (non-hydrogen) atoms. The normalized spacial score (nSPS) is 12.5. The molecule has 0 heterocycles. The second kappa shape index (κ2) is 4.98. The van der Waals surface area contributed by atoms with Crippen molar-refractivity contribution in [3.05, 3.63) is 69.4 Å². The van der Waals surface area contributed by atoms with Crippen LogP contribution < -0.4 is 0 Å². The Morgan fingerprint density at radius 3 is 2.35 bits per heavy atom. The van der Waals surface area contributed by atoms with Crippen molar-refractivity contribution in [2.24, 2.45) is 0 Å². The van der Waals surface area contributed by atoms with Crippen LogP contribution in [0.25, 0.3) is 0 Å². The molecule has 0 spiro atoms. The van der Waals surface area contributed by atoms with Crippen LogP contribution in [0.1, 0.15) is 22.8 Å². The lowest BCUT2D eigenvalue weighted by molar-refractivity contribution is 0.219. The third-order valence-corrected chi connectivity index (χ3v) is 3.24. The number of halogens is 2. The van der Waals surface area contributed by atoms with Crippen molar-refractivity contribution in [3.63, 3.8) is 0 Å². The highest BCUT2D eigenvalue weighted by Gasteiger charge is 2.12. The van der Waals surface area contributed by atoms with Gasteiger partial charge >= 0.3 is 0 Å². The van der Waals surface area contributed by atoms with Gasteiger partial charge in [-0.3, -0.25) is 0 Å². The summed E-state index contributed by atoms with van der Waals surface area (Å²) < 4.78 is 13.9. The maximum atomic E-state index is 13.0. The summed E-state index contributed by atoms with van der Waals surface area (Å²) in [5, 5.41) is 10.2. The number of benzene rings is 2. The molecule has 0 aliphatic rings. The number of rotatable bonds is 2. The zero-order valence-corrected chi connectivity index (χ0v) is 10.9. The van der Waals surface area contributed by atoms with E-state index in [1.54, 1.807) is 13.0 Å². The van der Waals surface area contributed by atoms with Gasteiger partial charge in [0.05, 0.1) is 0 Å². The van der Waals surface area contributed by atoms with Gasteiger partial charge in [0.1, 0.15) is 11.9 Å². The van der Waals surface area contributed by atoms with E-state index in [1.807, 2.05) is 24.3 Å². The highest BCUT2D eigenvalue weighted by molar-refractivity contribution is 9.10. The molecule has 0 aromatic heterocycles. The molecule has 0 bridgehead atoms. The predicted octanol–water partition coefficient (Wildman–Crippen LogP) is 3.98. The molecule has 0 saturated carbocycles. The summed E-state index contributed by atoms with van der Waals surface area (Å²) >= 11 is 3.34. The monoisotopic (exact) mass is 294 g/mol. The van der Waals surface area contributed by atoms with Crippen LogP contribution in [0.4, 0.5) is 4.39 Å². The van der Waals surface area contributed by atoms with Crippen molar-refractivity contribution < 1.29 is 9.50 Å². The van der Waals surface area contributed by atoms with E-state index in [0.717, 1.165) is 21.2 Å². The molecule has 0 aliphatic heterocycles. The van der Waals surface area contributed by atoms with E-state index in [-0.39, 0.29) is 5.82 Å². The molecule has 0 fully saturated rings. The maximum Gasteiger partial charge on any atom is 0.123 e. The fourth-order valence-corrected chi connectivity index (χ4v) is 2.03. The predicted molar refractivity (Wildman–Crippen MR) is 69.3 cm³/mol. The van der Waals surface area contributed by atoms with Crippen molar-refractivity contribution in [1.29, 1.82) is 0 Å². The van der Waals surface area contributed by atoms with E-state index < -0.39 is 6.10 Å². The highest BCUT2D eigenvalue weighted by atomic mass is 79.9. The molecular formula is C14H12BrFO. The molecular weight excluding hydrogens is 283 g/mol. The fourth-order valence-electron chi connectivity index (χ4n) is 1.77. The van der Waals surface area contributed by atoms with E-state index in [9.17, 15) is 9.50 Å². The zero-order chi connectivity index (χ0) is 12.4. The van der Waals surface area contributed by atoms with Crippen molar-refractivity contribution in [2.45, 2.75) is 13.0 Å². The summed E-state index contributed by atoms with van der Waals surface area (Å²) in [6, 6.07) is 11.9. The van der Waals surface area contributed by atoms with Crippen LogP contribution in [-0.4, -0.2) is 5.11 Å². The van der Waals surface area contributed by atoms with E-state index in [2.05, 4.69) is 15.9 Å². The van der Waals surface area contributed by atoms with Crippen molar-refractivity contribution in [3.8, 4) is 0 Å². The lowest BCUT2D eigenvalue weighted by atomic mass is 9.97. The molecule has 0 amide bonds. The Balaban J connectivity index is 2.36. The van der Waals surface area contributed by atoms with Gasteiger partial charge in [0.2, 0.25) is 0 Å². The van der Waals surface area contributed by atoms with Crippen LogP contribution in [0, 0.1) is 12.7 Å². The molecule has 0 radical (unpaired) electrons. The first kappa shape index (κ1) is 12.3. The van der Waals surface area contributed by atoms with Gasteiger partial charge in [0.15, 0.2) is 0 Å². The van der Waals surface area contributed by atoms with Gasteiger partial charge in [-0.05, 0) is 47.9 Å². The SMILES string of the molecule is Cc1cc(F)ccc1[C@H](O)c1ccc(Br)cc1. The second-order valence-electron chi connectivity index (χ2n) is 3.95. The van der Waals surface area contributed by atoms with Crippen molar-refractivity contribution in [1.82, 2.24) is 0 Å². The van der Waals surface area contributed by atoms with Crippen LogP contribution >= 0.6 is 15.9 Å². The van der Waals surface area contributed by atoms with Crippen LogP contribution in [0.15, 0.2) is 46.9 Å². The molecule has 2 aromatic carbocycles. The van der Waals surface area contributed by atoms with Gasteiger partial charge in [-0.1, -0.05) is 34.1 Å². The van der Waals surface area contributed by atoms with Gasteiger partial charge in [0, 0.05) is 4.47 Å². The molecule has 0 unspecified atom stereocenters. The molecule has 1 nitrogen and oxygen atoms in total. The van der Waals surface area contributed by atoms with Gasteiger partial charge in [-0.25, -0.2) is 4.39 Å². The number of aryl methyl sites for hydroxylation is 1. The second-order valence-corrected chi connectivity index (χ2v) is 4.87. The Labute approximate surface area is 108 Å². The van der Waals surface area contributed by atoms with E-state index in [4.69, 9.17) is 0 Å². The van der Waals surface area contributed by atoms with Crippen LogP contribution in [0.5, 0.6) is 0 Å². The molecule has 2 aromatic rings. The standard InChI is InChI=1S/C14H12BrFO/c1-9-8-12(16)6-7-13(9)14(17)10-2-4-11(15)5-3-10/h2-8,14,17H,1H3/t14-/m1/s1. The molecule has 88 valence electrons. The first-order chi connectivity index (χ1) is 8.08. The summed E-state index contributed by atoms with van der Waals surface area (Å²) in [7, 11) is 0. The zero-order valence-electron chi connectivity index (χ0n) is 9.32. The smallest absolute Gasteiger partial charge is 0.123 e. The molecule has 3 heteroatoms. The minimum atomic E-state index is -0.719. The summed E-state index contributed by atoms with van der Waals surface area (Å²) in [6.45, 7) is 1.79. The fraction of sp³-hybridized carbons (Fsp3) is 0.143. The van der Waals surface area contributed by atoms with Crippen molar-refractivity contribution in [2.75, 3.05) is 0 Å². The number of hydrogen-bond donors (Lipinski definition) is 1. The summed E-state index contributed by atoms with van der Waals surface area (Å²) in [5.41, 5.74) is 2.28. The van der Waals surface area contributed by atoms with E-state index in [1.165, 1.54) is 12.1 Å². The Morgan fingerprint density at radius 2 is 1.76 bits per heavy atom. The lowest BCUT2D eigenvalue weighted by Gasteiger charge is -2.14. The Kier molecular flexibility index (Phi) is 3.60. The minimum Gasteiger partial charge on any atom is -0.384 e. The van der Waals surface area contributed by atoms with Gasteiger partial charge in [-0.2, -0.15) is 0 Å². The van der Waals surface area contributed by atoms with Crippen LogP contribution in [-0.2, 0) is 0 Å². The molecule has 0 saturated heterocycles. The molecule has 0 aliphatic carbocycles. The number of aliphatic hydroxyl groups excluding tert-OH is 1. The van der Waals surface area contributed by atoms with Crippen LogP contribution in [0.2, 0.25) is 0 Å². The minimum absolute atomic E-state index is 0.283. The van der Waals surface area contributed by atoms with Gasteiger partial charge < -0.3 is 5.11 Å². The Bertz CT molecular complexity index is 522. The Hall–Kier alpha value is -1.19. The average molecular weight is 295 g/mol. The third-order valence-electron chi connectivity index (χ3n) is 2.71. The quantitative estimate of drug-likeness (QED) is 0.888. The van der Waals surface area contributed by atoms with Crippen LogP contribution in [0.3, 0.4) is 0 Å². The summed E-state index contributed by atoms with van der Waals surface area (Å²) in [6.07, 6.45) is -0.719. The number of aliphatic hydroxyl groups is 1. The van der Waals surface area contributed by atoms with E-state index in [0.29, 0.717) is 0 Å². The molecule has 2 rings (SSSR count). The number of hydrogen-bond acceptors (Lipinski definition) is 1. The highest BCUT2D eigenvalue weighted by Crippen LogP contribution is 2.26. The maximum absolute atomic E-state index is 13.0. The summed E-state index contributed by atoms with van der Waals surface area (Å²) in [5.74, 6) is -0.283. The third kappa shape index (κ3) is 2.73. The topological polar surface area (TPSA) is 20.2 Å². The van der Waals surface area contributed by atoms with Crippen molar-refractivity contribution >= 4 is 15.9 Å². The lowest BCUT2D eigenvalue weighted by Crippen LogP contribution is -2.02. The Morgan fingerprint density at radius 1 is 1.12 bits per heavy atom. The van der Waals surface area contributed by atoms with Gasteiger partial charge in [0.25, 0.3) is 0 Å². The van der Waals surface area contributed by atoms with Gasteiger partial charge in [-0.15, -0.1) is 0 Å². The average Bonchev–Trinajstić information content (AvgIpc) is 2.29. The molecule has 1 atom stereocenters. The first-order valence-corrected chi connectivity index (χ1v) is 6.07. The van der Waals surface area contributed by atoms with E-state index >= 15 is 0 Å². The first-order valence-electron chi connectivity index (χ1n) is 5.27. The molecule has 1 N–H and O–H groups in total. The summed E-state index contributed by atoms with van der Waals surface area (Å²) in [4.78, 5) is 0. The largest absolute Gasteiger partial charge is 0.384 e.